The van der Waals surface area contributed by atoms with Gasteiger partial charge in [-0.1, -0.05) is 12.1 Å². The van der Waals surface area contributed by atoms with Crippen molar-refractivity contribution in [2.45, 2.75) is 39.0 Å². The third kappa shape index (κ3) is 11.0. The van der Waals surface area contributed by atoms with Crippen LogP contribution in [0.3, 0.4) is 0 Å². The van der Waals surface area contributed by atoms with Gasteiger partial charge in [0.1, 0.15) is 5.84 Å². The zero-order chi connectivity index (χ0) is 12.9. The molecule has 0 rings (SSSR count). The lowest BCUT2D eigenvalue weighted by atomic mass is 10.2. The van der Waals surface area contributed by atoms with E-state index in [0.29, 0.717) is 19.4 Å². The van der Waals surface area contributed by atoms with Crippen LogP contribution in [0.5, 0.6) is 0 Å². The van der Waals surface area contributed by atoms with Crippen molar-refractivity contribution in [3.63, 3.8) is 0 Å². The number of amidine groups is 1. The Morgan fingerprint density at radius 1 is 1.24 bits per heavy atom. The minimum absolute atomic E-state index is 0.0935. The molecule has 0 unspecified atom stereocenters. The lowest BCUT2D eigenvalue weighted by Crippen LogP contribution is -2.28. The molecule has 0 heterocycles. The third-order valence-electron chi connectivity index (χ3n) is 2.27. The van der Waals surface area contributed by atoms with E-state index < -0.39 is 0 Å². The van der Waals surface area contributed by atoms with Crippen LogP contribution in [0.1, 0.15) is 39.0 Å². The van der Waals surface area contributed by atoms with Gasteiger partial charge in [-0.3, -0.25) is 4.79 Å². The molecule has 1 amide bonds. The van der Waals surface area contributed by atoms with Crippen LogP contribution in [0.15, 0.2) is 5.16 Å². The average Bonchev–Trinajstić information content (AvgIpc) is 2.34. The number of nitrogens with one attached hydrogen (secondary N) is 2. The summed E-state index contributed by atoms with van der Waals surface area (Å²) < 4.78 is 0. The average molecular weight is 244 g/mol. The Bertz CT molecular complexity index is 232. The maximum atomic E-state index is 11.2. The van der Waals surface area contributed by atoms with Gasteiger partial charge in [-0.2, -0.15) is 0 Å². The number of hydrogen-bond acceptors (Lipinski definition) is 4. The van der Waals surface area contributed by atoms with Crippen LogP contribution in [-0.4, -0.2) is 36.6 Å². The number of carbonyl (C=O) groups is 1. The lowest BCUT2D eigenvalue weighted by molar-refractivity contribution is -0.120. The minimum atomic E-state index is 0.0935. The van der Waals surface area contributed by atoms with Crippen molar-refractivity contribution < 1.29 is 10.0 Å². The summed E-state index contributed by atoms with van der Waals surface area (Å²) in [5, 5.41) is 17.2. The number of amides is 1. The lowest BCUT2D eigenvalue weighted by Gasteiger charge is -2.05. The summed E-state index contributed by atoms with van der Waals surface area (Å²) in [6.07, 6.45) is 3.92. The number of nitrogens with zero attached hydrogens (tertiary/aromatic N) is 1. The van der Waals surface area contributed by atoms with E-state index in [1.54, 1.807) is 0 Å². The number of rotatable bonds is 10. The van der Waals surface area contributed by atoms with E-state index in [-0.39, 0.29) is 11.7 Å². The molecule has 0 aromatic heterocycles. The smallest absolute Gasteiger partial charge is 0.221 e. The second-order valence-electron chi connectivity index (χ2n) is 3.90. The summed E-state index contributed by atoms with van der Waals surface area (Å²) in [5.74, 6) is 0.361. The van der Waals surface area contributed by atoms with Gasteiger partial charge in [0.05, 0.1) is 0 Å². The Morgan fingerprint density at radius 3 is 2.65 bits per heavy atom. The van der Waals surface area contributed by atoms with E-state index in [1.807, 2.05) is 6.92 Å². The molecule has 0 aliphatic carbocycles. The number of oxime groups is 1. The van der Waals surface area contributed by atoms with Crippen LogP contribution in [0.25, 0.3) is 0 Å². The van der Waals surface area contributed by atoms with E-state index in [9.17, 15) is 4.79 Å². The second kappa shape index (κ2) is 11.2. The van der Waals surface area contributed by atoms with Crippen LogP contribution in [0.2, 0.25) is 0 Å². The summed E-state index contributed by atoms with van der Waals surface area (Å²) in [6.45, 7) is 4.32. The molecule has 0 saturated heterocycles. The predicted octanol–water partition coefficient (Wildman–Crippen LogP) is 0.409. The number of nitrogens with two attached hydrogens (primary N) is 1. The highest BCUT2D eigenvalue weighted by molar-refractivity contribution is 5.79. The van der Waals surface area contributed by atoms with Crippen LogP contribution in [-0.2, 0) is 4.79 Å². The number of unbranched alkanes of at least 4 members (excludes halogenated alkanes) is 1. The fourth-order valence-corrected chi connectivity index (χ4v) is 1.29. The standard InChI is InChI=1S/C11H24N4O2/c1-2-7-14-11(16)6-9-13-8-4-3-5-10(12)15-17/h13,17H,2-9H2,1H3,(H2,12,15)(H,14,16). The van der Waals surface area contributed by atoms with Crippen molar-refractivity contribution in [3.8, 4) is 0 Å². The highest BCUT2D eigenvalue weighted by atomic mass is 16.4. The first-order valence-corrected chi connectivity index (χ1v) is 6.14. The van der Waals surface area contributed by atoms with Crippen molar-refractivity contribution in [1.82, 2.24) is 10.6 Å². The summed E-state index contributed by atoms with van der Waals surface area (Å²) in [7, 11) is 0. The Hall–Kier alpha value is -1.30. The molecule has 0 saturated carbocycles. The summed E-state index contributed by atoms with van der Waals surface area (Å²) in [5.41, 5.74) is 5.33. The third-order valence-corrected chi connectivity index (χ3v) is 2.27. The molecule has 100 valence electrons. The van der Waals surface area contributed by atoms with Crippen molar-refractivity contribution in [2.75, 3.05) is 19.6 Å². The van der Waals surface area contributed by atoms with Gasteiger partial charge in [0.2, 0.25) is 5.91 Å². The second-order valence-corrected chi connectivity index (χ2v) is 3.90. The molecule has 0 atom stereocenters. The van der Waals surface area contributed by atoms with Gasteiger partial charge in [-0.15, -0.1) is 0 Å². The Kier molecular flexibility index (Phi) is 10.3. The molecule has 6 nitrogen and oxygen atoms in total. The van der Waals surface area contributed by atoms with Crippen molar-refractivity contribution in [2.24, 2.45) is 10.9 Å². The normalized spacial score (nSPS) is 11.5. The summed E-state index contributed by atoms with van der Waals surface area (Å²) in [4.78, 5) is 11.2. The highest BCUT2D eigenvalue weighted by Gasteiger charge is 1.98. The molecule has 6 heteroatoms. The van der Waals surface area contributed by atoms with Crippen molar-refractivity contribution >= 4 is 11.7 Å². The van der Waals surface area contributed by atoms with Crippen LogP contribution < -0.4 is 16.4 Å². The van der Waals surface area contributed by atoms with Gasteiger partial charge in [-0.05, 0) is 25.8 Å². The monoisotopic (exact) mass is 244 g/mol. The first-order chi connectivity index (χ1) is 8.20. The number of hydrogen-bond donors (Lipinski definition) is 4. The molecular weight excluding hydrogens is 220 g/mol. The fourth-order valence-electron chi connectivity index (χ4n) is 1.29. The minimum Gasteiger partial charge on any atom is -0.409 e. The molecule has 0 aliphatic rings. The molecular formula is C11H24N4O2. The molecule has 0 bridgehead atoms. The first-order valence-electron chi connectivity index (χ1n) is 6.14. The molecule has 0 aromatic rings. The highest BCUT2D eigenvalue weighted by Crippen LogP contribution is 1.93. The molecule has 0 radical (unpaired) electrons. The summed E-state index contributed by atoms with van der Waals surface area (Å²) >= 11 is 0. The van der Waals surface area contributed by atoms with Gasteiger partial charge in [0.15, 0.2) is 0 Å². The van der Waals surface area contributed by atoms with Crippen molar-refractivity contribution in [1.29, 1.82) is 0 Å². The van der Waals surface area contributed by atoms with E-state index >= 15 is 0 Å². The van der Waals surface area contributed by atoms with E-state index in [0.717, 1.165) is 32.4 Å². The zero-order valence-electron chi connectivity index (χ0n) is 10.5. The van der Waals surface area contributed by atoms with Crippen LogP contribution >= 0.6 is 0 Å². The fraction of sp³-hybridized carbons (Fsp3) is 0.818. The van der Waals surface area contributed by atoms with Crippen LogP contribution in [0.4, 0.5) is 0 Å². The maximum Gasteiger partial charge on any atom is 0.221 e. The zero-order valence-corrected chi connectivity index (χ0v) is 10.5. The topological polar surface area (TPSA) is 99.7 Å². The first kappa shape index (κ1) is 15.7. The van der Waals surface area contributed by atoms with Crippen molar-refractivity contribution in [3.05, 3.63) is 0 Å². The number of carbonyl (C=O) groups excluding carboxylic acids is 1. The maximum absolute atomic E-state index is 11.2. The molecule has 17 heavy (non-hydrogen) atoms. The SMILES string of the molecule is CCCNC(=O)CCNCCCCC(N)=NO. The molecule has 0 aliphatic heterocycles. The van der Waals surface area contributed by atoms with E-state index in [4.69, 9.17) is 10.9 Å². The van der Waals surface area contributed by atoms with Gasteiger partial charge in [-0.25, -0.2) is 0 Å². The molecule has 0 fully saturated rings. The van der Waals surface area contributed by atoms with Gasteiger partial charge < -0.3 is 21.6 Å². The van der Waals surface area contributed by atoms with Gasteiger partial charge in [0.25, 0.3) is 0 Å². The van der Waals surface area contributed by atoms with E-state index in [1.165, 1.54) is 0 Å². The molecule has 5 N–H and O–H groups in total. The van der Waals surface area contributed by atoms with Gasteiger partial charge in [0, 0.05) is 25.9 Å². The Morgan fingerprint density at radius 2 is 2.00 bits per heavy atom. The van der Waals surface area contributed by atoms with E-state index in [2.05, 4.69) is 15.8 Å². The van der Waals surface area contributed by atoms with Crippen LogP contribution in [0, 0.1) is 0 Å². The Labute approximate surface area is 103 Å². The quantitative estimate of drug-likeness (QED) is 0.147. The Balaban J connectivity index is 3.21. The van der Waals surface area contributed by atoms with Gasteiger partial charge >= 0.3 is 0 Å². The molecule has 0 spiro atoms. The predicted molar refractivity (Wildman–Crippen MR) is 68.0 cm³/mol. The molecule has 0 aromatic carbocycles. The summed E-state index contributed by atoms with van der Waals surface area (Å²) in [6, 6.07) is 0. The largest absolute Gasteiger partial charge is 0.409 e.